The normalized spacial score (nSPS) is 11.3. The average Bonchev–Trinajstić information content (AvgIpc) is 2.74. The third-order valence-corrected chi connectivity index (χ3v) is 5.43. The van der Waals surface area contributed by atoms with E-state index in [1.807, 2.05) is 0 Å². The Bertz CT molecular complexity index is 1240. The highest BCUT2D eigenvalue weighted by atomic mass is 32.2. The molecule has 0 unspecified atom stereocenters. The lowest BCUT2D eigenvalue weighted by Gasteiger charge is -2.09. The van der Waals surface area contributed by atoms with Crippen molar-refractivity contribution in [1.29, 1.82) is 0 Å². The highest BCUT2D eigenvalue weighted by Crippen LogP contribution is 2.19. The molecule has 0 atom stereocenters. The van der Waals surface area contributed by atoms with Gasteiger partial charge in [0.05, 0.1) is 9.82 Å². The highest BCUT2D eigenvalue weighted by Gasteiger charge is 2.14. The number of rotatable bonds is 7. The van der Waals surface area contributed by atoms with Crippen LogP contribution in [0, 0.1) is 15.9 Å². The molecule has 2 N–H and O–H groups in total. The standard InChI is InChI=1S/C21H16FN3O5S/c22-16-5-7-18(8-6-16)24-31(29,30)20-11-9-17(10-12-20)23-21(26)13-4-15-2-1-3-19(14-15)25(27)28/h1-14,24H,(H,23,26)/b13-4+. The van der Waals surface area contributed by atoms with Crippen molar-refractivity contribution in [2.24, 2.45) is 0 Å². The van der Waals surface area contributed by atoms with E-state index in [1.165, 1.54) is 66.7 Å². The molecule has 0 fully saturated rings. The fraction of sp³-hybridized carbons (Fsp3) is 0. The molecular formula is C21H16FN3O5S. The molecule has 10 heteroatoms. The maximum absolute atomic E-state index is 12.9. The molecule has 3 rings (SSSR count). The number of nitro benzene ring substituents is 1. The molecule has 0 spiro atoms. The van der Waals surface area contributed by atoms with E-state index in [0.717, 1.165) is 12.1 Å². The third-order valence-electron chi connectivity index (χ3n) is 4.04. The van der Waals surface area contributed by atoms with Crippen molar-refractivity contribution in [1.82, 2.24) is 0 Å². The van der Waals surface area contributed by atoms with Crippen LogP contribution in [0.25, 0.3) is 6.08 Å². The van der Waals surface area contributed by atoms with Crippen LogP contribution >= 0.6 is 0 Å². The van der Waals surface area contributed by atoms with Gasteiger partial charge in [0.15, 0.2) is 0 Å². The Morgan fingerprint density at radius 1 is 0.968 bits per heavy atom. The van der Waals surface area contributed by atoms with Gasteiger partial charge in [0.1, 0.15) is 5.82 Å². The maximum atomic E-state index is 12.9. The van der Waals surface area contributed by atoms with Gasteiger partial charge in [-0.05, 0) is 60.2 Å². The lowest BCUT2D eigenvalue weighted by atomic mass is 10.2. The number of benzene rings is 3. The molecule has 0 radical (unpaired) electrons. The van der Waals surface area contributed by atoms with Crippen LogP contribution in [-0.4, -0.2) is 19.2 Å². The van der Waals surface area contributed by atoms with E-state index in [2.05, 4.69) is 10.0 Å². The lowest BCUT2D eigenvalue weighted by Crippen LogP contribution is -2.13. The van der Waals surface area contributed by atoms with Crippen molar-refractivity contribution < 1.29 is 22.5 Å². The second-order valence-corrected chi connectivity index (χ2v) is 7.99. The van der Waals surface area contributed by atoms with Crippen LogP contribution in [-0.2, 0) is 14.8 Å². The van der Waals surface area contributed by atoms with Crippen LogP contribution in [0.4, 0.5) is 21.5 Å². The number of non-ortho nitro benzene ring substituents is 1. The Balaban J connectivity index is 1.64. The number of hydrogen-bond acceptors (Lipinski definition) is 5. The molecule has 0 aliphatic rings. The summed E-state index contributed by atoms with van der Waals surface area (Å²) in [5, 5.41) is 13.4. The molecule has 0 bridgehead atoms. The summed E-state index contributed by atoms with van der Waals surface area (Å²) in [7, 11) is -3.88. The van der Waals surface area contributed by atoms with E-state index in [-0.39, 0.29) is 16.3 Å². The van der Waals surface area contributed by atoms with Gasteiger partial charge >= 0.3 is 0 Å². The monoisotopic (exact) mass is 441 g/mol. The van der Waals surface area contributed by atoms with Crippen LogP contribution < -0.4 is 10.0 Å². The first-order valence-corrected chi connectivity index (χ1v) is 10.3. The molecule has 0 saturated heterocycles. The summed E-state index contributed by atoms with van der Waals surface area (Å²) in [4.78, 5) is 22.3. The van der Waals surface area contributed by atoms with Crippen LogP contribution in [0.2, 0.25) is 0 Å². The second kappa shape index (κ2) is 9.18. The Morgan fingerprint density at radius 3 is 2.26 bits per heavy atom. The predicted octanol–water partition coefficient (Wildman–Crippen LogP) is 4.19. The first-order valence-electron chi connectivity index (χ1n) is 8.85. The molecule has 8 nitrogen and oxygen atoms in total. The number of hydrogen-bond donors (Lipinski definition) is 2. The molecule has 31 heavy (non-hydrogen) atoms. The van der Waals surface area contributed by atoms with E-state index in [1.54, 1.807) is 6.07 Å². The van der Waals surface area contributed by atoms with Gasteiger partial charge in [-0.3, -0.25) is 19.6 Å². The van der Waals surface area contributed by atoms with Gasteiger partial charge in [-0.15, -0.1) is 0 Å². The minimum absolute atomic E-state index is 0.0399. The topological polar surface area (TPSA) is 118 Å². The van der Waals surface area contributed by atoms with Crippen molar-refractivity contribution in [2.75, 3.05) is 10.0 Å². The van der Waals surface area contributed by atoms with E-state index >= 15 is 0 Å². The van der Waals surface area contributed by atoms with E-state index in [0.29, 0.717) is 11.3 Å². The van der Waals surface area contributed by atoms with Crippen LogP contribution in [0.1, 0.15) is 5.56 Å². The molecule has 0 saturated carbocycles. The number of amides is 1. The highest BCUT2D eigenvalue weighted by molar-refractivity contribution is 7.92. The average molecular weight is 441 g/mol. The SMILES string of the molecule is O=C(/C=C/c1cccc([N+](=O)[O-])c1)Nc1ccc(S(=O)(=O)Nc2ccc(F)cc2)cc1. The summed E-state index contributed by atoms with van der Waals surface area (Å²) in [5.41, 5.74) is 0.964. The van der Waals surface area contributed by atoms with Crippen molar-refractivity contribution in [3.63, 3.8) is 0 Å². The summed E-state index contributed by atoms with van der Waals surface area (Å²) < 4.78 is 40.1. The second-order valence-electron chi connectivity index (χ2n) is 6.31. The Kier molecular flexibility index (Phi) is 6.41. The van der Waals surface area contributed by atoms with Crippen molar-refractivity contribution in [2.45, 2.75) is 4.90 Å². The van der Waals surface area contributed by atoms with Gasteiger partial charge in [-0.2, -0.15) is 0 Å². The molecule has 0 aliphatic carbocycles. The van der Waals surface area contributed by atoms with E-state index < -0.39 is 26.7 Å². The van der Waals surface area contributed by atoms with Gasteiger partial charge < -0.3 is 5.32 Å². The van der Waals surface area contributed by atoms with Crippen molar-refractivity contribution in [3.05, 3.63) is 100 Å². The Morgan fingerprint density at radius 2 is 1.61 bits per heavy atom. The Labute approximate surface area is 177 Å². The summed E-state index contributed by atoms with van der Waals surface area (Å²) >= 11 is 0. The third kappa shape index (κ3) is 5.97. The maximum Gasteiger partial charge on any atom is 0.270 e. The molecule has 3 aromatic rings. The van der Waals surface area contributed by atoms with E-state index in [4.69, 9.17) is 0 Å². The largest absolute Gasteiger partial charge is 0.323 e. The summed E-state index contributed by atoms with van der Waals surface area (Å²) in [6, 6.07) is 16.1. The van der Waals surface area contributed by atoms with Gasteiger partial charge in [0.25, 0.3) is 15.7 Å². The minimum atomic E-state index is -3.88. The van der Waals surface area contributed by atoms with E-state index in [9.17, 15) is 27.7 Å². The van der Waals surface area contributed by atoms with Crippen LogP contribution in [0.5, 0.6) is 0 Å². The summed E-state index contributed by atoms with van der Waals surface area (Å²) in [5.74, 6) is -0.978. The summed E-state index contributed by atoms with van der Waals surface area (Å²) in [6.07, 6.45) is 2.63. The molecule has 0 heterocycles. The minimum Gasteiger partial charge on any atom is -0.323 e. The number of anilines is 2. The van der Waals surface area contributed by atoms with Gasteiger partial charge in [-0.1, -0.05) is 12.1 Å². The number of carbonyl (C=O) groups is 1. The van der Waals surface area contributed by atoms with Gasteiger partial charge in [0, 0.05) is 29.6 Å². The zero-order chi connectivity index (χ0) is 22.4. The Hall–Kier alpha value is -4.05. The first kappa shape index (κ1) is 21.7. The van der Waals surface area contributed by atoms with Gasteiger partial charge in [-0.25, -0.2) is 12.8 Å². The fourth-order valence-electron chi connectivity index (χ4n) is 2.55. The summed E-state index contributed by atoms with van der Waals surface area (Å²) in [6.45, 7) is 0. The fourth-order valence-corrected chi connectivity index (χ4v) is 3.61. The quantitative estimate of drug-likeness (QED) is 0.324. The number of nitro groups is 1. The number of nitrogens with one attached hydrogen (secondary N) is 2. The number of carbonyl (C=O) groups excluding carboxylic acids is 1. The smallest absolute Gasteiger partial charge is 0.270 e. The zero-order valence-electron chi connectivity index (χ0n) is 15.9. The molecule has 3 aromatic carbocycles. The molecule has 158 valence electrons. The van der Waals surface area contributed by atoms with Gasteiger partial charge in [0.2, 0.25) is 5.91 Å². The molecular weight excluding hydrogens is 425 g/mol. The lowest BCUT2D eigenvalue weighted by molar-refractivity contribution is -0.384. The van der Waals surface area contributed by atoms with Crippen LogP contribution in [0.15, 0.2) is 83.8 Å². The van der Waals surface area contributed by atoms with Crippen molar-refractivity contribution >= 4 is 39.1 Å². The zero-order valence-corrected chi connectivity index (χ0v) is 16.7. The van der Waals surface area contributed by atoms with Crippen molar-refractivity contribution in [3.8, 4) is 0 Å². The number of sulfonamides is 1. The molecule has 0 aliphatic heterocycles. The first-order chi connectivity index (χ1) is 14.7. The number of halogens is 1. The van der Waals surface area contributed by atoms with Crippen LogP contribution in [0.3, 0.4) is 0 Å². The molecule has 0 aromatic heterocycles. The number of nitrogens with zero attached hydrogens (tertiary/aromatic N) is 1. The predicted molar refractivity (Wildman–Crippen MR) is 114 cm³/mol. The molecule has 1 amide bonds.